The van der Waals surface area contributed by atoms with Crippen molar-refractivity contribution in [3.8, 4) is 11.4 Å². The lowest BCUT2D eigenvalue weighted by atomic mass is 9.95. The minimum atomic E-state index is 0.550. The Labute approximate surface area is 232 Å². The van der Waals surface area contributed by atoms with E-state index in [4.69, 9.17) is 0 Å². The van der Waals surface area contributed by atoms with Crippen LogP contribution in [-0.2, 0) is 12.8 Å². The van der Waals surface area contributed by atoms with Crippen LogP contribution in [0.15, 0.2) is 116 Å². The molecular weight excluding hydrogens is 488 g/mol. The maximum Gasteiger partial charge on any atom is 0.0572 e. The Bertz CT molecular complexity index is 2000. The van der Waals surface area contributed by atoms with Crippen LogP contribution >= 0.6 is 0 Å². The predicted molar refractivity (Wildman–Crippen MR) is 164 cm³/mol. The van der Waals surface area contributed by atoms with Gasteiger partial charge in [-0.05, 0) is 72.4 Å². The third kappa shape index (κ3) is 3.60. The summed E-state index contributed by atoms with van der Waals surface area (Å²) in [6, 6.07) is 31.0. The number of aromatic nitrogens is 4. The van der Waals surface area contributed by atoms with Gasteiger partial charge in [0.25, 0.3) is 0 Å². The molecule has 4 heterocycles. The fourth-order valence-corrected chi connectivity index (χ4v) is 6.38. The summed E-state index contributed by atoms with van der Waals surface area (Å²) in [6.45, 7) is 2.30. The van der Waals surface area contributed by atoms with Crippen molar-refractivity contribution in [1.29, 1.82) is 0 Å². The highest BCUT2D eigenvalue weighted by Gasteiger charge is 2.20. The Morgan fingerprint density at radius 1 is 0.650 bits per heavy atom. The van der Waals surface area contributed by atoms with E-state index >= 15 is 0 Å². The second kappa shape index (κ2) is 9.06. The average molecular weight is 517 g/mol. The van der Waals surface area contributed by atoms with Crippen LogP contribution < -0.4 is 0 Å². The summed E-state index contributed by atoms with van der Waals surface area (Å²) in [6.07, 6.45) is 14.2. The van der Waals surface area contributed by atoms with Crippen LogP contribution in [0.3, 0.4) is 0 Å². The molecule has 8 rings (SSSR count). The Kier molecular flexibility index (Phi) is 5.20. The SMILES string of the molecule is CC1C=Cc2c(n(-c3ccc(Cc4ccc(-n5c6ccncc6c6cnccc65)cc4)cc3)c3ccccc23)C1. The van der Waals surface area contributed by atoms with Gasteiger partial charge in [0.15, 0.2) is 0 Å². The van der Waals surface area contributed by atoms with Crippen LogP contribution in [0.1, 0.15) is 29.3 Å². The van der Waals surface area contributed by atoms with Gasteiger partial charge in [0.1, 0.15) is 0 Å². The minimum Gasteiger partial charge on any atom is -0.313 e. The Hall–Kier alpha value is -4.96. The number of rotatable bonds is 4. The first-order valence-electron chi connectivity index (χ1n) is 13.9. The van der Waals surface area contributed by atoms with Crippen LogP contribution in [0.2, 0.25) is 0 Å². The summed E-state index contributed by atoms with van der Waals surface area (Å²) in [5, 5.41) is 3.58. The molecule has 0 bridgehead atoms. The lowest BCUT2D eigenvalue weighted by Gasteiger charge is -2.17. The van der Waals surface area contributed by atoms with Gasteiger partial charge < -0.3 is 9.13 Å². The van der Waals surface area contributed by atoms with Crippen LogP contribution in [0.25, 0.3) is 50.2 Å². The maximum absolute atomic E-state index is 4.35. The third-order valence-corrected chi connectivity index (χ3v) is 8.29. The smallest absolute Gasteiger partial charge is 0.0572 e. The van der Waals surface area contributed by atoms with Crippen molar-refractivity contribution in [2.45, 2.75) is 19.8 Å². The third-order valence-electron chi connectivity index (χ3n) is 8.29. The minimum absolute atomic E-state index is 0.550. The average Bonchev–Trinajstić information content (AvgIpc) is 3.51. The first-order chi connectivity index (χ1) is 19.7. The largest absolute Gasteiger partial charge is 0.313 e. The van der Waals surface area contributed by atoms with Crippen molar-refractivity contribution in [3.63, 3.8) is 0 Å². The number of para-hydroxylation sites is 1. The zero-order valence-corrected chi connectivity index (χ0v) is 22.3. The van der Waals surface area contributed by atoms with Gasteiger partial charge in [0, 0.05) is 63.6 Å². The van der Waals surface area contributed by atoms with Gasteiger partial charge in [0.2, 0.25) is 0 Å². The molecule has 1 atom stereocenters. The summed E-state index contributed by atoms with van der Waals surface area (Å²) in [7, 11) is 0. The van der Waals surface area contributed by atoms with Gasteiger partial charge in [-0.1, -0.05) is 61.5 Å². The zero-order chi connectivity index (χ0) is 26.6. The van der Waals surface area contributed by atoms with Crippen molar-refractivity contribution < 1.29 is 0 Å². The number of hydrogen-bond donors (Lipinski definition) is 0. The van der Waals surface area contributed by atoms with Crippen LogP contribution in [0.5, 0.6) is 0 Å². The monoisotopic (exact) mass is 516 g/mol. The van der Waals surface area contributed by atoms with E-state index in [1.54, 1.807) is 0 Å². The molecule has 0 fully saturated rings. The number of allylic oxidation sites excluding steroid dienone is 1. The second-order valence-electron chi connectivity index (χ2n) is 10.9. The summed E-state index contributed by atoms with van der Waals surface area (Å²) in [5.41, 5.74) is 11.3. The van der Waals surface area contributed by atoms with Crippen molar-refractivity contribution in [3.05, 3.63) is 138 Å². The van der Waals surface area contributed by atoms with Gasteiger partial charge in [-0.15, -0.1) is 0 Å². The molecule has 1 aliphatic rings. The molecule has 0 spiro atoms. The number of hydrogen-bond acceptors (Lipinski definition) is 2. The topological polar surface area (TPSA) is 35.6 Å². The maximum atomic E-state index is 4.35. The molecule has 4 aromatic heterocycles. The molecule has 192 valence electrons. The number of fused-ring (bicyclic) bond motifs is 6. The molecule has 1 unspecified atom stereocenters. The lowest BCUT2D eigenvalue weighted by molar-refractivity contribution is 0.690. The summed E-state index contributed by atoms with van der Waals surface area (Å²) < 4.78 is 4.75. The summed E-state index contributed by atoms with van der Waals surface area (Å²) >= 11 is 0. The van der Waals surface area contributed by atoms with Crippen molar-refractivity contribution in [1.82, 2.24) is 19.1 Å². The Balaban J connectivity index is 1.11. The van der Waals surface area contributed by atoms with E-state index in [2.05, 4.69) is 123 Å². The molecule has 4 nitrogen and oxygen atoms in total. The molecule has 0 aliphatic heterocycles. The van der Waals surface area contributed by atoms with Gasteiger partial charge in [-0.3, -0.25) is 9.97 Å². The molecule has 4 heteroatoms. The van der Waals surface area contributed by atoms with E-state index in [1.165, 1.54) is 39.0 Å². The molecule has 3 aromatic carbocycles. The van der Waals surface area contributed by atoms with Crippen LogP contribution in [0, 0.1) is 5.92 Å². The molecule has 0 radical (unpaired) electrons. The molecule has 1 aliphatic carbocycles. The van der Waals surface area contributed by atoms with Gasteiger partial charge in [0.05, 0.1) is 16.6 Å². The molecule has 0 amide bonds. The van der Waals surface area contributed by atoms with E-state index in [0.29, 0.717) is 5.92 Å². The van der Waals surface area contributed by atoms with E-state index in [-0.39, 0.29) is 0 Å². The highest BCUT2D eigenvalue weighted by molar-refractivity contribution is 6.08. The standard InChI is InChI=1S/C36H28N4/c1-24-6-15-30-29-4-2-3-5-33(29)40(36(30)20-24)28-13-9-26(10-14-28)21-25-7-11-27(12-8-25)39-34-16-18-37-22-31(34)32-23-38-19-17-35(32)39/h2-19,22-24H,20-21H2,1H3. The second-order valence-corrected chi connectivity index (χ2v) is 10.9. The quantitative estimate of drug-likeness (QED) is 0.236. The molecule has 7 aromatic rings. The van der Waals surface area contributed by atoms with Gasteiger partial charge >= 0.3 is 0 Å². The zero-order valence-electron chi connectivity index (χ0n) is 22.3. The van der Waals surface area contributed by atoms with Crippen molar-refractivity contribution in [2.24, 2.45) is 5.92 Å². The van der Waals surface area contributed by atoms with E-state index in [0.717, 1.165) is 40.3 Å². The molecule has 40 heavy (non-hydrogen) atoms. The predicted octanol–water partition coefficient (Wildman–Crippen LogP) is 8.31. The fourth-order valence-electron chi connectivity index (χ4n) is 6.38. The van der Waals surface area contributed by atoms with E-state index in [9.17, 15) is 0 Å². The molecular formula is C36H28N4. The van der Waals surface area contributed by atoms with Crippen molar-refractivity contribution >= 4 is 38.8 Å². The van der Waals surface area contributed by atoms with E-state index in [1.807, 2.05) is 24.8 Å². The molecule has 0 saturated heterocycles. The Morgan fingerprint density at radius 2 is 1.23 bits per heavy atom. The summed E-state index contributed by atoms with van der Waals surface area (Å²) in [5.74, 6) is 0.550. The fraction of sp³-hybridized carbons (Fsp3) is 0.111. The van der Waals surface area contributed by atoms with Crippen LogP contribution in [-0.4, -0.2) is 19.1 Å². The first-order valence-corrected chi connectivity index (χ1v) is 13.9. The van der Waals surface area contributed by atoms with Gasteiger partial charge in [-0.2, -0.15) is 0 Å². The molecule has 0 N–H and O–H groups in total. The number of pyridine rings is 2. The number of benzene rings is 3. The normalized spacial score (nSPS) is 14.8. The lowest BCUT2D eigenvalue weighted by Crippen LogP contribution is -2.08. The Morgan fingerprint density at radius 3 is 1.88 bits per heavy atom. The number of nitrogens with zero attached hydrogens (tertiary/aromatic N) is 4. The first kappa shape index (κ1) is 23.0. The van der Waals surface area contributed by atoms with Crippen molar-refractivity contribution in [2.75, 3.05) is 0 Å². The van der Waals surface area contributed by atoms with Gasteiger partial charge in [-0.25, -0.2) is 0 Å². The summed E-state index contributed by atoms with van der Waals surface area (Å²) in [4.78, 5) is 8.69. The van der Waals surface area contributed by atoms with Crippen LogP contribution in [0.4, 0.5) is 0 Å². The van der Waals surface area contributed by atoms with E-state index < -0.39 is 0 Å². The highest BCUT2D eigenvalue weighted by Crippen LogP contribution is 2.35. The molecule has 0 saturated carbocycles. The highest BCUT2D eigenvalue weighted by atomic mass is 15.0.